The fraction of sp³-hybridized carbons (Fsp3) is 0.462. The van der Waals surface area contributed by atoms with Gasteiger partial charge in [0, 0.05) is 5.56 Å². The lowest BCUT2D eigenvalue weighted by Crippen LogP contribution is -2.41. The number of fused-ring (bicyclic) bond motifs is 1. The number of carbonyl (C=O) groups excluding carboxylic acids is 1. The Labute approximate surface area is 106 Å². The average molecular weight is 251 g/mol. The molecular weight excluding hydrogens is 234 g/mol. The van der Waals surface area contributed by atoms with Gasteiger partial charge in [-0.15, -0.1) is 0 Å². The van der Waals surface area contributed by atoms with Gasteiger partial charge in [0.05, 0.1) is 12.6 Å². The van der Waals surface area contributed by atoms with E-state index in [1.165, 1.54) is 0 Å². The van der Waals surface area contributed by atoms with Gasteiger partial charge in [0.25, 0.3) is 5.91 Å². The van der Waals surface area contributed by atoms with E-state index >= 15 is 0 Å². The minimum Gasteiger partial charge on any atom is -0.454 e. The summed E-state index contributed by atoms with van der Waals surface area (Å²) in [4.78, 5) is 12.0. The van der Waals surface area contributed by atoms with Gasteiger partial charge in [-0.3, -0.25) is 4.79 Å². The van der Waals surface area contributed by atoms with E-state index in [0.29, 0.717) is 17.1 Å². The van der Waals surface area contributed by atoms with Crippen molar-refractivity contribution in [2.24, 2.45) is 5.92 Å². The zero-order valence-corrected chi connectivity index (χ0v) is 10.5. The average Bonchev–Trinajstić information content (AvgIpc) is 2.82. The third-order valence-corrected chi connectivity index (χ3v) is 2.95. The largest absolute Gasteiger partial charge is 0.454 e. The highest BCUT2D eigenvalue weighted by Gasteiger charge is 2.19. The molecule has 98 valence electrons. The van der Waals surface area contributed by atoms with Crippen molar-refractivity contribution in [3.05, 3.63) is 23.8 Å². The normalized spacial score (nSPS) is 14.7. The zero-order chi connectivity index (χ0) is 13.1. The first-order chi connectivity index (χ1) is 8.61. The predicted molar refractivity (Wildman–Crippen MR) is 65.7 cm³/mol. The maximum absolute atomic E-state index is 12.0. The molecule has 0 radical (unpaired) electrons. The van der Waals surface area contributed by atoms with Gasteiger partial charge in [-0.2, -0.15) is 0 Å². The highest BCUT2D eigenvalue weighted by atomic mass is 16.7. The second-order valence-corrected chi connectivity index (χ2v) is 4.57. The van der Waals surface area contributed by atoms with Crippen LogP contribution in [0.1, 0.15) is 24.2 Å². The third kappa shape index (κ3) is 2.56. The molecule has 1 amide bonds. The van der Waals surface area contributed by atoms with Crippen molar-refractivity contribution in [1.29, 1.82) is 0 Å². The lowest BCUT2D eigenvalue weighted by Gasteiger charge is -2.19. The summed E-state index contributed by atoms with van der Waals surface area (Å²) < 4.78 is 10.4. The molecule has 18 heavy (non-hydrogen) atoms. The standard InChI is InChI=1S/C13H17NO4/c1-8(2)10(6-15)14-13(16)9-3-4-11-12(5-9)18-7-17-11/h3-5,8,10,15H,6-7H2,1-2H3,(H,14,16)/t10-/m1/s1. The maximum atomic E-state index is 12.0. The van der Waals surface area contributed by atoms with Crippen molar-refractivity contribution < 1.29 is 19.4 Å². The first-order valence-corrected chi connectivity index (χ1v) is 5.93. The molecule has 0 saturated carbocycles. The molecular formula is C13H17NO4. The summed E-state index contributed by atoms with van der Waals surface area (Å²) in [5.74, 6) is 1.18. The monoisotopic (exact) mass is 251 g/mol. The molecule has 1 atom stereocenters. The van der Waals surface area contributed by atoms with Crippen LogP contribution in [-0.4, -0.2) is 30.5 Å². The van der Waals surface area contributed by atoms with Crippen LogP contribution < -0.4 is 14.8 Å². The third-order valence-electron chi connectivity index (χ3n) is 2.95. The molecule has 2 N–H and O–H groups in total. The summed E-state index contributed by atoms with van der Waals surface area (Å²) in [5, 5.41) is 12.0. The Hall–Kier alpha value is -1.75. The number of hydrogen-bond acceptors (Lipinski definition) is 4. The van der Waals surface area contributed by atoms with Crippen LogP contribution in [0.2, 0.25) is 0 Å². The second-order valence-electron chi connectivity index (χ2n) is 4.57. The Bertz CT molecular complexity index is 445. The van der Waals surface area contributed by atoms with E-state index in [4.69, 9.17) is 9.47 Å². The van der Waals surface area contributed by atoms with E-state index in [2.05, 4.69) is 5.32 Å². The molecule has 1 aliphatic rings. The topological polar surface area (TPSA) is 67.8 Å². The van der Waals surface area contributed by atoms with Crippen molar-refractivity contribution in [2.75, 3.05) is 13.4 Å². The summed E-state index contributed by atoms with van der Waals surface area (Å²) in [7, 11) is 0. The van der Waals surface area contributed by atoms with Crippen molar-refractivity contribution in [3.8, 4) is 11.5 Å². The van der Waals surface area contributed by atoms with Gasteiger partial charge in [0.2, 0.25) is 6.79 Å². The fourth-order valence-corrected chi connectivity index (χ4v) is 1.71. The molecule has 0 saturated heterocycles. The fourth-order valence-electron chi connectivity index (χ4n) is 1.71. The van der Waals surface area contributed by atoms with E-state index in [1.807, 2.05) is 13.8 Å². The van der Waals surface area contributed by atoms with Crippen LogP contribution in [0.3, 0.4) is 0 Å². The minimum atomic E-state index is -0.247. The van der Waals surface area contributed by atoms with Gasteiger partial charge in [0.15, 0.2) is 11.5 Å². The van der Waals surface area contributed by atoms with Crippen LogP contribution in [0, 0.1) is 5.92 Å². The van der Waals surface area contributed by atoms with Crippen LogP contribution in [-0.2, 0) is 0 Å². The van der Waals surface area contributed by atoms with Crippen molar-refractivity contribution in [1.82, 2.24) is 5.32 Å². The van der Waals surface area contributed by atoms with Gasteiger partial charge in [-0.1, -0.05) is 13.8 Å². The van der Waals surface area contributed by atoms with Crippen molar-refractivity contribution in [2.45, 2.75) is 19.9 Å². The molecule has 1 aromatic carbocycles. The Morgan fingerprint density at radius 2 is 2.11 bits per heavy atom. The molecule has 1 aromatic rings. The van der Waals surface area contributed by atoms with Crippen LogP contribution in [0.5, 0.6) is 11.5 Å². The number of amides is 1. The highest BCUT2D eigenvalue weighted by molar-refractivity contribution is 5.95. The number of aliphatic hydroxyl groups excluding tert-OH is 1. The molecule has 0 spiro atoms. The molecule has 2 rings (SSSR count). The molecule has 0 unspecified atom stereocenters. The van der Waals surface area contributed by atoms with Crippen LogP contribution in [0.15, 0.2) is 18.2 Å². The maximum Gasteiger partial charge on any atom is 0.251 e. The Kier molecular flexibility index (Phi) is 3.72. The van der Waals surface area contributed by atoms with E-state index in [1.54, 1.807) is 18.2 Å². The molecule has 1 aliphatic heterocycles. The Morgan fingerprint density at radius 3 is 2.78 bits per heavy atom. The quantitative estimate of drug-likeness (QED) is 0.842. The molecule has 0 bridgehead atoms. The van der Waals surface area contributed by atoms with E-state index in [-0.39, 0.29) is 31.3 Å². The van der Waals surface area contributed by atoms with E-state index in [9.17, 15) is 9.90 Å². The van der Waals surface area contributed by atoms with Crippen LogP contribution in [0.25, 0.3) is 0 Å². The lowest BCUT2D eigenvalue weighted by atomic mass is 10.0. The highest BCUT2D eigenvalue weighted by Crippen LogP contribution is 2.32. The molecule has 5 nitrogen and oxygen atoms in total. The summed E-state index contributed by atoms with van der Waals surface area (Å²) in [5.41, 5.74) is 0.498. The van der Waals surface area contributed by atoms with Crippen molar-refractivity contribution in [3.63, 3.8) is 0 Å². The number of rotatable bonds is 4. The Balaban J connectivity index is 2.09. The molecule has 5 heteroatoms. The SMILES string of the molecule is CC(C)[C@@H](CO)NC(=O)c1ccc2c(c1)OCO2. The van der Waals surface area contributed by atoms with Gasteiger partial charge in [-0.25, -0.2) is 0 Å². The number of nitrogens with one attached hydrogen (secondary N) is 1. The van der Waals surface area contributed by atoms with Crippen LogP contribution >= 0.6 is 0 Å². The lowest BCUT2D eigenvalue weighted by molar-refractivity contribution is 0.0896. The first-order valence-electron chi connectivity index (χ1n) is 5.93. The molecule has 1 heterocycles. The molecule has 0 fully saturated rings. The number of benzene rings is 1. The van der Waals surface area contributed by atoms with Gasteiger partial charge in [-0.05, 0) is 24.1 Å². The van der Waals surface area contributed by atoms with E-state index < -0.39 is 0 Å². The van der Waals surface area contributed by atoms with Crippen molar-refractivity contribution >= 4 is 5.91 Å². The summed E-state index contributed by atoms with van der Waals surface area (Å²) in [6.07, 6.45) is 0. The minimum absolute atomic E-state index is 0.0754. The number of ether oxygens (including phenoxy) is 2. The van der Waals surface area contributed by atoms with E-state index in [0.717, 1.165) is 0 Å². The first kappa shape index (κ1) is 12.7. The molecule has 0 aliphatic carbocycles. The number of hydrogen-bond donors (Lipinski definition) is 2. The number of aliphatic hydroxyl groups is 1. The Morgan fingerprint density at radius 1 is 1.39 bits per heavy atom. The smallest absolute Gasteiger partial charge is 0.251 e. The summed E-state index contributed by atoms with van der Waals surface area (Å²) in [6.45, 7) is 4.00. The number of carbonyl (C=O) groups is 1. The summed E-state index contributed by atoms with van der Waals surface area (Å²) >= 11 is 0. The van der Waals surface area contributed by atoms with Crippen LogP contribution in [0.4, 0.5) is 0 Å². The second kappa shape index (κ2) is 5.27. The predicted octanol–water partition coefficient (Wildman–Crippen LogP) is 1.16. The summed E-state index contributed by atoms with van der Waals surface area (Å²) in [6, 6.07) is 4.79. The van der Waals surface area contributed by atoms with Gasteiger partial charge in [0.1, 0.15) is 0 Å². The van der Waals surface area contributed by atoms with Gasteiger partial charge >= 0.3 is 0 Å². The van der Waals surface area contributed by atoms with Gasteiger partial charge < -0.3 is 19.9 Å². The zero-order valence-electron chi connectivity index (χ0n) is 10.5. The molecule has 0 aromatic heterocycles.